The summed E-state index contributed by atoms with van der Waals surface area (Å²) < 4.78 is 4.67. The Bertz CT molecular complexity index is 713. The summed E-state index contributed by atoms with van der Waals surface area (Å²) in [6, 6.07) is 16.5. The minimum absolute atomic E-state index is 0.0628. The molecule has 1 aliphatic heterocycles. The van der Waals surface area contributed by atoms with Crippen LogP contribution in [0.2, 0.25) is 0 Å². The van der Waals surface area contributed by atoms with E-state index >= 15 is 0 Å². The highest BCUT2D eigenvalue weighted by atomic mass is 16.5. The molecule has 2 N–H and O–H groups in total. The molecule has 1 fully saturated rings. The lowest BCUT2D eigenvalue weighted by atomic mass is 9.91. The highest BCUT2D eigenvalue weighted by Gasteiger charge is 2.33. The highest BCUT2D eigenvalue weighted by molar-refractivity contribution is 5.96. The number of hydrogen-bond donors (Lipinski definition) is 2. The fourth-order valence-electron chi connectivity index (χ4n) is 3.07. The van der Waals surface area contributed by atoms with Crippen LogP contribution in [0, 0.1) is 0 Å². The first-order chi connectivity index (χ1) is 11.7. The van der Waals surface area contributed by atoms with Gasteiger partial charge in [0.2, 0.25) is 5.91 Å². The van der Waals surface area contributed by atoms with Gasteiger partial charge in [0.25, 0.3) is 0 Å². The topological polar surface area (TPSA) is 67.4 Å². The van der Waals surface area contributed by atoms with Crippen LogP contribution in [-0.4, -0.2) is 31.6 Å². The molecule has 1 aliphatic rings. The van der Waals surface area contributed by atoms with Crippen molar-refractivity contribution in [1.82, 2.24) is 5.32 Å². The zero-order chi connectivity index (χ0) is 16.9. The molecule has 124 valence electrons. The number of anilines is 1. The molecule has 1 heterocycles. The van der Waals surface area contributed by atoms with Crippen LogP contribution in [-0.2, 0) is 9.53 Å². The smallest absolute Gasteiger partial charge is 0.337 e. The number of methoxy groups -OCH3 is 1. The molecule has 5 nitrogen and oxygen atoms in total. The van der Waals surface area contributed by atoms with Gasteiger partial charge in [0.15, 0.2) is 0 Å². The van der Waals surface area contributed by atoms with Gasteiger partial charge in [-0.1, -0.05) is 30.3 Å². The van der Waals surface area contributed by atoms with Gasteiger partial charge in [-0.05, 0) is 42.8 Å². The predicted octanol–water partition coefficient (Wildman–Crippen LogP) is 2.56. The Balaban J connectivity index is 1.69. The monoisotopic (exact) mass is 324 g/mol. The average Bonchev–Trinajstić information content (AvgIpc) is 3.12. The molecule has 0 aliphatic carbocycles. The van der Waals surface area contributed by atoms with Crippen molar-refractivity contribution < 1.29 is 14.3 Å². The molecule has 0 radical (unpaired) electrons. The molecular weight excluding hydrogens is 304 g/mol. The Labute approximate surface area is 141 Å². The normalized spacial score (nSPS) is 19.7. The summed E-state index contributed by atoms with van der Waals surface area (Å²) in [5.74, 6) is -0.290. The minimum Gasteiger partial charge on any atom is -0.465 e. The number of hydrogen-bond acceptors (Lipinski definition) is 4. The quantitative estimate of drug-likeness (QED) is 0.848. The van der Waals surface area contributed by atoms with Crippen molar-refractivity contribution in [1.29, 1.82) is 0 Å². The van der Waals surface area contributed by atoms with E-state index in [4.69, 9.17) is 0 Å². The van der Waals surface area contributed by atoms with Crippen LogP contribution in [0.15, 0.2) is 54.6 Å². The van der Waals surface area contributed by atoms with Crippen molar-refractivity contribution in [2.75, 3.05) is 19.0 Å². The van der Waals surface area contributed by atoms with E-state index in [2.05, 4.69) is 27.5 Å². The van der Waals surface area contributed by atoms with Crippen LogP contribution in [0.1, 0.15) is 28.3 Å². The molecule has 2 atom stereocenters. The molecule has 3 rings (SSSR count). The van der Waals surface area contributed by atoms with Gasteiger partial charge in [-0.2, -0.15) is 0 Å². The van der Waals surface area contributed by atoms with Crippen LogP contribution >= 0.6 is 0 Å². The lowest BCUT2D eigenvalue weighted by molar-refractivity contribution is -0.118. The summed E-state index contributed by atoms with van der Waals surface area (Å²) in [5, 5.41) is 6.19. The predicted molar refractivity (Wildman–Crippen MR) is 92.0 cm³/mol. The van der Waals surface area contributed by atoms with Crippen molar-refractivity contribution in [2.24, 2.45) is 0 Å². The molecule has 1 unspecified atom stereocenters. The van der Waals surface area contributed by atoms with Gasteiger partial charge in [-0.3, -0.25) is 4.79 Å². The van der Waals surface area contributed by atoms with E-state index < -0.39 is 5.97 Å². The van der Waals surface area contributed by atoms with Crippen molar-refractivity contribution >= 4 is 17.6 Å². The SMILES string of the molecule is COC(=O)c1ccc(NC(=O)C2NCC[C@H]2c2ccccc2)cc1. The first-order valence-electron chi connectivity index (χ1n) is 7.96. The van der Waals surface area contributed by atoms with Gasteiger partial charge in [-0.25, -0.2) is 4.79 Å². The third-order valence-electron chi connectivity index (χ3n) is 4.31. The molecule has 2 aromatic carbocycles. The van der Waals surface area contributed by atoms with Crippen LogP contribution in [0.3, 0.4) is 0 Å². The molecule has 0 bridgehead atoms. The second kappa shape index (κ2) is 7.27. The number of benzene rings is 2. The maximum Gasteiger partial charge on any atom is 0.337 e. The van der Waals surface area contributed by atoms with Crippen LogP contribution in [0.5, 0.6) is 0 Å². The van der Waals surface area contributed by atoms with Gasteiger partial charge < -0.3 is 15.4 Å². The van der Waals surface area contributed by atoms with E-state index in [1.165, 1.54) is 12.7 Å². The van der Waals surface area contributed by atoms with Gasteiger partial charge >= 0.3 is 5.97 Å². The third-order valence-corrected chi connectivity index (χ3v) is 4.31. The van der Waals surface area contributed by atoms with Crippen LogP contribution < -0.4 is 10.6 Å². The summed E-state index contributed by atoms with van der Waals surface area (Å²) in [6.45, 7) is 0.818. The Morgan fingerprint density at radius 1 is 1.08 bits per heavy atom. The number of rotatable bonds is 4. The summed E-state index contributed by atoms with van der Waals surface area (Å²) >= 11 is 0. The van der Waals surface area contributed by atoms with Crippen LogP contribution in [0.25, 0.3) is 0 Å². The van der Waals surface area contributed by atoms with E-state index in [9.17, 15) is 9.59 Å². The maximum absolute atomic E-state index is 12.6. The molecule has 1 amide bonds. The fraction of sp³-hybridized carbons (Fsp3) is 0.263. The summed E-state index contributed by atoms with van der Waals surface area (Å²) in [7, 11) is 1.34. The number of ether oxygens (including phenoxy) is 1. The molecule has 2 aromatic rings. The first-order valence-corrected chi connectivity index (χ1v) is 7.96. The number of nitrogens with one attached hydrogen (secondary N) is 2. The second-order valence-corrected chi connectivity index (χ2v) is 5.80. The zero-order valence-corrected chi connectivity index (χ0v) is 13.5. The largest absolute Gasteiger partial charge is 0.465 e. The molecule has 24 heavy (non-hydrogen) atoms. The standard InChI is InChI=1S/C19H20N2O3/c1-24-19(23)14-7-9-15(10-8-14)21-18(22)17-16(11-12-20-17)13-5-3-2-4-6-13/h2-10,16-17,20H,11-12H2,1H3,(H,21,22)/t16-,17?/m0/s1. The zero-order valence-electron chi connectivity index (χ0n) is 13.5. The van der Waals surface area contributed by atoms with Gasteiger partial charge in [0.1, 0.15) is 0 Å². The number of amides is 1. The first kappa shape index (κ1) is 16.2. The van der Waals surface area contributed by atoms with Crippen molar-refractivity contribution in [3.05, 3.63) is 65.7 Å². The van der Waals surface area contributed by atoms with E-state index in [0.717, 1.165) is 13.0 Å². The Morgan fingerprint density at radius 2 is 1.79 bits per heavy atom. The average molecular weight is 324 g/mol. The molecule has 0 saturated carbocycles. The second-order valence-electron chi connectivity index (χ2n) is 5.80. The third kappa shape index (κ3) is 3.46. The summed E-state index contributed by atoms with van der Waals surface area (Å²) in [4.78, 5) is 24.0. The molecule has 1 saturated heterocycles. The van der Waals surface area contributed by atoms with Crippen molar-refractivity contribution in [2.45, 2.75) is 18.4 Å². The lowest BCUT2D eigenvalue weighted by Gasteiger charge is -2.19. The van der Waals surface area contributed by atoms with E-state index in [-0.39, 0.29) is 17.9 Å². The molecule has 0 aromatic heterocycles. The molecule has 5 heteroatoms. The number of esters is 1. The summed E-state index contributed by atoms with van der Waals surface area (Å²) in [6.07, 6.45) is 0.934. The Morgan fingerprint density at radius 3 is 2.46 bits per heavy atom. The lowest BCUT2D eigenvalue weighted by Crippen LogP contribution is -2.39. The van der Waals surface area contributed by atoms with E-state index in [1.54, 1.807) is 24.3 Å². The van der Waals surface area contributed by atoms with Gasteiger partial charge in [0, 0.05) is 11.6 Å². The number of carbonyl (C=O) groups is 2. The highest BCUT2D eigenvalue weighted by Crippen LogP contribution is 2.28. The van der Waals surface area contributed by atoms with Crippen LogP contribution in [0.4, 0.5) is 5.69 Å². The Kier molecular flexibility index (Phi) is 4.91. The van der Waals surface area contributed by atoms with Crippen molar-refractivity contribution in [3.63, 3.8) is 0 Å². The minimum atomic E-state index is -0.394. The van der Waals surface area contributed by atoms with Crippen molar-refractivity contribution in [3.8, 4) is 0 Å². The number of carbonyl (C=O) groups excluding carboxylic acids is 2. The maximum atomic E-state index is 12.6. The molecular formula is C19H20N2O3. The molecule has 0 spiro atoms. The van der Waals surface area contributed by atoms with E-state index in [0.29, 0.717) is 11.3 Å². The summed E-state index contributed by atoms with van der Waals surface area (Å²) in [5.41, 5.74) is 2.29. The van der Waals surface area contributed by atoms with Gasteiger partial charge in [-0.15, -0.1) is 0 Å². The Hall–Kier alpha value is -2.66. The van der Waals surface area contributed by atoms with E-state index in [1.807, 2.05) is 18.2 Å². The fourth-order valence-corrected chi connectivity index (χ4v) is 3.07. The van der Waals surface area contributed by atoms with Gasteiger partial charge in [0.05, 0.1) is 18.7 Å².